The molecular weight excluding hydrogens is 200 g/mol. The average Bonchev–Trinajstić information content (AvgIpc) is 1.38. The largest absolute Gasteiger partial charge is 0 e. The molecule has 0 heterocycles. The zero-order valence-electron chi connectivity index (χ0n) is 3.01. The molecule has 0 spiro atoms. The monoisotopic (exact) mass is 205 g/mol. The summed E-state index contributed by atoms with van der Waals surface area (Å²) in [7, 11) is 0. The van der Waals surface area contributed by atoms with Crippen LogP contribution in [0.25, 0.3) is 0 Å². The molecule has 0 fully saturated rings. The van der Waals surface area contributed by atoms with E-state index in [4.69, 9.17) is 0 Å². The summed E-state index contributed by atoms with van der Waals surface area (Å²) < 4.78 is -0.106. The molecule has 0 saturated heterocycles. The summed E-state index contributed by atoms with van der Waals surface area (Å²) in [5.41, 5.74) is 0. The third-order valence-electron chi connectivity index (χ3n) is 0.167. The van der Waals surface area contributed by atoms with Gasteiger partial charge >= 0.3 is 38.4 Å². The Kier molecular flexibility index (Phi) is 9.20. The summed E-state index contributed by atoms with van der Waals surface area (Å²) in [5, 5.41) is 0. The molecule has 0 saturated carbocycles. The zero-order valence-corrected chi connectivity index (χ0v) is 6.29. The topological polar surface area (TPSA) is 17.1 Å². The van der Waals surface area contributed by atoms with Crippen LogP contribution in [0.4, 0.5) is 0 Å². The standard InChI is InChI=1S/C3H3O.Cr.Mo/c1-2-3-4;;/h2H,1H2;;. The Labute approximate surface area is 59.5 Å². The Bertz CT molecular complexity index is 61.8. The van der Waals surface area contributed by atoms with Gasteiger partial charge in [-0.1, -0.05) is 0 Å². The van der Waals surface area contributed by atoms with Gasteiger partial charge in [0.05, 0.1) is 0 Å². The Morgan fingerprint density at radius 1 is 1.83 bits per heavy atom. The van der Waals surface area contributed by atoms with Crippen LogP contribution in [-0.4, -0.2) is 4.65 Å². The van der Waals surface area contributed by atoms with E-state index in [0.717, 1.165) is 0 Å². The van der Waals surface area contributed by atoms with Crippen LogP contribution in [0.3, 0.4) is 0 Å². The second kappa shape index (κ2) is 5.63. The van der Waals surface area contributed by atoms with Crippen LogP contribution in [0.5, 0.6) is 0 Å². The maximum Gasteiger partial charge on any atom is 0 e. The molecule has 6 heavy (non-hydrogen) atoms. The van der Waals surface area contributed by atoms with Gasteiger partial charge in [0.2, 0.25) is 0 Å². The number of hydrogen-bond acceptors (Lipinski definition) is 1. The Morgan fingerprint density at radius 2 is 2.00 bits per heavy atom. The van der Waals surface area contributed by atoms with Crippen LogP contribution < -0.4 is 0 Å². The second-order valence-corrected chi connectivity index (χ2v) is 1.15. The van der Waals surface area contributed by atoms with Crippen molar-refractivity contribution in [1.29, 1.82) is 0 Å². The van der Waals surface area contributed by atoms with Crippen LogP contribution in [-0.2, 0) is 42.2 Å². The van der Waals surface area contributed by atoms with E-state index >= 15 is 0 Å². The molecule has 0 aliphatic heterocycles. The van der Waals surface area contributed by atoms with E-state index in [1.54, 1.807) is 0 Å². The van der Waals surface area contributed by atoms with Gasteiger partial charge in [0.25, 0.3) is 0 Å². The van der Waals surface area contributed by atoms with Crippen LogP contribution in [0.2, 0.25) is 0 Å². The minimum absolute atomic E-state index is 0. The fraction of sp³-hybridized carbons (Fsp3) is 0. The number of carbonyl (C=O) groups is 1. The van der Waals surface area contributed by atoms with Gasteiger partial charge in [0, 0.05) is 21.1 Å². The van der Waals surface area contributed by atoms with Crippen LogP contribution in [0.15, 0.2) is 12.7 Å². The predicted molar refractivity (Wildman–Crippen MR) is 15.2 cm³/mol. The van der Waals surface area contributed by atoms with Gasteiger partial charge in [-0.2, -0.15) is 0 Å². The summed E-state index contributed by atoms with van der Waals surface area (Å²) >= 11 is 2.23. The molecule has 0 radical (unpaired) electrons. The second-order valence-electron chi connectivity index (χ2n) is 0.523. The Morgan fingerprint density at radius 3 is 2.00 bits per heavy atom. The van der Waals surface area contributed by atoms with Gasteiger partial charge in [-0.3, -0.25) is 0 Å². The predicted octanol–water partition coefficient (Wildman–Crippen LogP) is 0.243. The molecule has 0 atom stereocenters. The van der Waals surface area contributed by atoms with E-state index < -0.39 is 0 Å². The number of carbonyl (C=O) groups excluding carboxylic acids is 1. The van der Waals surface area contributed by atoms with Crippen LogP contribution >= 0.6 is 0 Å². The summed E-state index contributed by atoms with van der Waals surface area (Å²) in [5.74, 6) is 0. The summed E-state index contributed by atoms with van der Waals surface area (Å²) in [6.07, 6.45) is 1.22. The molecule has 0 amide bonds. The molecule has 0 aliphatic rings. The fourth-order valence-corrected chi connectivity index (χ4v) is 0. The molecule has 0 unspecified atom stereocenters. The zero-order chi connectivity index (χ0) is 4.28. The van der Waals surface area contributed by atoms with Crippen molar-refractivity contribution >= 4 is 4.65 Å². The van der Waals surface area contributed by atoms with Crippen molar-refractivity contribution in [3.8, 4) is 0 Å². The minimum atomic E-state index is -0.106. The van der Waals surface area contributed by atoms with Gasteiger partial charge in [-0.15, -0.1) is 0 Å². The summed E-state index contributed by atoms with van der Waals surface area (Å²) in [6, 6.07) is 0. The van der Waals surface area contributed by atoms with E-state index in [-0.39, 0.29) is 25.7 Å². The van der Waals surface area contributed by atoms with E-state index in [9.17, 15) is 4.79 Å². The molecule has 0 aromatic rings. The SMILES string of the molecule is C=C[C](=O)[Cr].[Mo]. The molecular formula is C3H3CrMoO. The number of allylic oxidation sites excluding steroid dienone is 1. The first-order valence-electron chi connectivity index (χ1n) is 1.11. The van der Waals surface area contributed by atoms with Gasteiger partial charge in [0.1, 0.15) is 0 Å². The molecule has 1 nitrogen and oxygen atoms in total. The summed E-state index contributed by atoms with van der Waals surface area (Å²) in [4.78, 5) is 9.64. The van der Waals surface area contributed by atoms with E-state index in [2.05, 4.69) is 22.9 Å². The van der Waals surface area contributed by atoms with Gasteiger partial charge in [-0.05, 0) is 0 Å². The van der Waals surface area contributed by atoms with Crippen molar-refractivity contribution in [2.45, 2.75) is 0 Å². The summed E-state index contributed by atoms with van der Waals surface area (Å²) in [6.45, 7) is 3.18. The van der Waals surface area contributed by atoms with Crippen molar-refractivity contribution in [3.05, 3.63) is 12.7 Å². The molecule has 33 valence electrons. The van der Waals surface area contributed by atoms with E-state index in [1.165, 1.54) is 6.08 Å². The van der Waals surface area contributed by atoms with Gasteiger partial charge < -0.3 is 0 Å². The van der Waals surface area contributed by atoms with Crippen molar-refractivity contribution in [2.75, 3.05) is 0 Å². The van der Waals surface area contributed by atoms with E-state index in [0.29, 0.717) is 0 Å². The minimum Gasteiger partial charge on any atom is 0 e. The quantitative estimate of drug-likeness (QED) is 0.440. The van der Waals surface area contributed by atoms with Crippen LogP contribution in [0.1, 0.15) is 0 Å². The third-order valence-corrected chi connectivity index (χ3v) is 0.427. The first-order valence-corrected chi connectivity index (χ1v) is 1.74. The van der Waals surface area contributed by atoms with Gasteiger partial charge in [0.15, 0.2) is 0 Å². The molecule has 0 aromatic carbocycles. The van der Waals surface area contributed by atoms with Crippen molar-refractivity contribution < 1.29 is 42.2 Å². The third kappa shape index (κ3) is 8.82. The maximum atomic E-state index is 9.64. The molecule has 0 aliphatic carbocycles. The maximum absolute atomic E-state index is 9.64. The Balaban J connectivity index is 0. The first kappa shape index (κ1) is 9.80. The number of hydrogen-bond donors (Lipinski definition) is 0. The molecule has 0 rings (SSSR count). The first-order chi connectivity index (χ1) is 2.27. The Hall–Kier alpha value is 0.631. The normalized spacial score (nSPS) is 5.33. The molecule has 0 bridgehead atoms. The average molecular weight is 203 g/mol. The molecule has 0 aromatic heterocycles. The molecule has 0 N–H and O–H groups in total. The van der Waals surface area contributed by atoms with Crippen molar-refractivity contribution in [3.63, 3.8) is 0 Å². The number of rotatable bonds is 1. The van der Waals surface area contributed by atoms with Crippen LogP contribution in [0, 0.1) is 0 Å². The smallest absolute Gasteiger partial charge is 0 e. The van der Waals surface area contributed by atoms with Gasteiger partial charge in [-0.25, -0.2) is 0 Å². The fourth-order valence-electron chi connectivity index (χ4n) is 0. The van der Waals surface area contributed by atoms with E-state index in [1.807, 2.05) is 0 Å². The van der Waals surface area contributed by atoms with Crippen molar-refractivity contribution in [2.24, 2.45) is 0 Å². The van der Waals surface area contributed by atoms with Crippen molar-refractivity contribution in [1.82, 2.24) is 0 Å². The molecule has 3 heteroatoms.